The van der Waals surface area contributed by atoms with Gasteiger partial charge in [0, 0.05) is 19.7 Å². The van der Waals surface area contributed by atoms with E-state index >= 15 is 0 Å². The lowest BCUT2D eigenvalue weighted by atomic mass is 9.83. The standard InChI is InChI=1S/C17H23NO4/c19-12-13-10-16(11-13)21-15-6-8-18(9-7-15)22-17(20)14-4-2-1-3-5-14/h1-5,13,15-16,19H,6-12H2. The fraction of sp³-hybridized carbons (Fsp3) is 0.588. The van der Waals surface area contributed by atoms with E-state index in [4.69, 9.17) is 14.7 Å². The van der Waals surface area contributed by atoms with Crippen molar-refractivity contribution in [3.05, 3.63) is 35.9 Å². The van der Waals surface area contributed by atoms with Gasteiger partial charge >= 0.3 is 5.97 Å². The van der Waals surface area contributed by atoms with Crippen LogP contribution in [0.15, 0.2) is 30.3 Å². The van der Waals surface area contributed by atoms with Crippen molar-refractivity contribution in [1.29, 1.82) is 0 Å². The zero-order valence-corrected chi connectivity index (χ0v) is 12.7. The monoisotopic (exact) mass is 305 g/mol. The number of hydrogen-bond donors (Lipinski definition) is 1. The number of benzene rings is 1. The minimum absolute atomic E-state index is 0.247. The maximum atomic E-state index is 12.0. The van der Waals surface area contributed by atoms with E-state index in [1.807, 2.05) is 18.2 Å². The summed E-state index contributed by atoms with van der Waals surface area (Å²) in [4.78, 5) is 17.4. The number of carbonyl (C=O) groups is 1. The molecule has 1 saturated carbocycles. The Morgan fingerprint density at radius 1 is 1.14 bits per heavy atom. The third-order valence-electron chi connectivity index (χ3n) is 4.46. The van der Waals surface area contributed by atoms with Gasteiger partial charge in [0.05, 0.1) is 17.8 Å². The number of aliphatic hydroxyl groups is 1. The fourth-order valence-electron chi connectivity index (χ4n) is 3.01. The van der Waals surface area contributed by atoms with Crippen molar-refractivity contribution in [2.24, 2.45) is 5.92 Å². The summed E-state index contributed by atoms with van der Waals surface area (Å²) in [5.74, 6) is 0.127. The van der Waals surface area contributed by atoms with Crippen LogP contribution in [-0.4, -0.2) is 48.0 Å². The summed E-state index contributed by atoms with van der Waals surface area (Å²) in [6.45, 7) is 1.69. The molecule has 0 amide bonds. The van der Waals surface area contributed by atoms with Crippen molar-refractivity contribution in [3.63, 3.8) is 0 Å². The summed E-state index contributed by atoms with van der Waals surface area (Å²) in [6.07, 6.45) is 4.25. The Morgan fingerprint density at radius 2 is 1.82 bits per heavy atom. The molecule has 1 N–H and O–H groups in total. The topological polar surface area (TPSA) is 59.0 Å². The summed E-state index contributed by atoms with van der Waals surface area (Å²) < 4.78 is 6.02. The van der Waals surface area contributed by atoms with E-state index in [9.17, 15) is 4.79 Å². The molecule has 1 heterocycles. The molecule has 22 heavy (non-hydrogen) atoms. The van der Waals surface area contributed by atoms with Gasteiger partial charge in [-0.05, 0) is 43.7 Å². The highest BCUT2D eigenvalue weighted by atomic mass is 16.7. The zero-order chi connectivity index (χ0) is 15.4. The second kappa shape index (κ2) is 7.22. The maximum Gasteiger partial charge on any atom is 0.357 e. The molecule has 3 rings (SSSR count). The fourth-order valence-corrected chi connectivity index (χ4v) is 3.01. The summed E-state index contributed by atoms with van der Waals surface area (Å²) in [7, 11) is 0. The number of carbonyl (C=O) groups excluding carboxylic acids is 1. The SMILES string of the molecule is O=C(ON1CCC(OC2CC(CO)C2)CC1)c1ccccc1. The van der Waals surface area contributed by atoms with E-state index in [1.165, 1.54) is 0 Å². The average Bonchev–Trinajstić information content (AvgIpc) is 2.53. The lowest BCUT2D eigenvalue weighted by Crippen LogP contribution is -2.42. The predicted molar refractivity (Wildman–Crippen MR) is 81.1 cm³/mol. The molecule has 0 radical (unpaired) electrons. The molecule has 1 saturated heterocycles. The Labute approximate surface area is 130 Å². The largest absolute Gasteiger partial charge is 0.396 e. The van der Waals surface area contributed by atoms with E-state index in [2.05, 4.69) is 0 Å². The summed E-state index contributed by atoms with van der Waals surface area (Å²) >= 11 is 0. The third kappa shape index (κ3) is 3.85. The molecule has 0 aromatic heterocycles. The van der Waals surface area contributed by atoms with Crippen LogP contribution in [-0.2, 0) is 9.57 Å². The Balaban J connectivity index is 1.38. The number of ether oxygens (including phenoxy) is 1. The third-order valence-corrected chi connectivity index (χ3v) is 4.46. The second-order valence-electron chi connectivity index (χ2n) is 6.15. The minimum Gasteiger partial charge on any atom is -0.396 e. The molecule has 1 aromatic rings. The van der Waals surface area contributed by atoms with Crippen molar-refractivity contribution >= 4 is 5.97 Å². The minimum atomic E-state index is -0.301. The van der Waals surface area contributed by atoms with Gasteiger partial charge in [-0.3, -0.25) is 0 Å². The van der Waals surface area contributed by atoms with Crippen LogP contribution in [0.4, 0.5) is 0 Å². The smallest absolute Gasteiger partial charge is 0.357 e. The molecule has 0 unspecified atom stereocenters. The first kappa shape index (κ1) is 15.5. The van der Waals surface area contributed by atoms with Crippen LogP contribution < -0.4 is 0 Å². The van der Waals surface area contributed by atoms with E-state index in [0.29, 0.717) is 30.7 Å². The number of hydroxylamine groups is 2. The molecule has 2 fully saturated rings. The van der Waals surface area contributed by atoms with Crippen LogP contribution in [0, 0.1) is 5.92 Å². The van der Waals surface area contributed by atoms with Gasteiger partial charge in [0.25, 0.3) is 0 Å². The highest BCUT2D eigenvalue weighted by Crippen LogP contribution is 2.32. The van der Waals surface area contributed by atoms with Gasteiger partial charge in [0.2, 0.25) is 0 Å². The Bertz CT molecular complexity index is 479. The number of piperidine rings is 1. The van der Waals surface area contributed by atoms with E-state index < -0.39 is 0 Å². The van der Waals surface area contributed by atoms with Gasteiger partial charge in [0.1, 0.15) is 0 Å². The van der Waals surface area contributed by atoms with Gasteiger partial charge < -0.3 is 14.7 Å². The molecule has 2 aliphatic rings. The Kier molecular flexibility index (Phi) is 5.08. The Morgan fingerprint density at radius 3 is 2.45 bits per heavy atom. The number of rotatable bonds is 5. The van der Waals surface area contributed by atoms with Gasteiger partial charge in [0.15, 0.2) is 0 Å². The Hall–Kier alpha value is -1.43. The molecule has 5 heteroatoms. The molecule has 0 atom stereocenters. The number of aliphatic hydroxyl groups excluding tert-OH is 1. The average molecular weight is 305 g/mol. The van der Waals surface area contributed by atoms with Crippen LogP contribution in [0.1, 0.15) is 36.0 Å². The normalized spacial score (nSPS) is 26.4. The van der Waals surface area contributed by atoms with Gasteiger partial charge in [-0.25, -0.2) is 4.79 Å². The highest BCUT2D eigenvalue weighted by Gasteiger charge is 2.32. The van der Waals surface area contributed by atoms with E-state index in [0.717, 1.165) is 25.7 Å². The van der Waals surface area contributed by atoms with Crippen LogP contribution in [0.25, 0.3) is 0 Å². The zero-order valence-electron chi connectivity index (χ0n) is 12.7. The van der Waals surface area contributed by atoms with Crippen LogP contribution in [0.5, 0.6) is 0 Å². The van der Waals surface area contributed by atoms with Crippen molar-refractivity contribution in [3.8, 4) is 0 Å². The summed E-state index contributed by atoms with van der Waals surface area (Å²) in [6, 6.07) is 9.05. The van der Waals surface area contributed by atoms with Gasteiger partial charge in [-0.15, -0.1) is 5.06 Å². The first-order valence-corrected chi connectivity index (χ1v) is 8.03. The highest BCUT2D eigenvalue weighted by molar-refractivity contribution is 5.89. The molecule has 1 aromatic carbocycles. The van der Waals surface area contributed by atoms with Gasteiger partial charge in [-0.2, -0.15) is 0 Å². The van der Waals surface area contributed by atoms with Gasteiger partial charge in [-0.1, -0.05) is 18.2 Å². The predicted octanol–water partition coefficient (Wildman–Crippen LogP) is 2.01. The number of nitrogens with zero attached hydrogens (tertiary/aromatic N) is 1. The van der Waals surface area contributed by atoms with Crippen molar-refractivity contribution in [2.45, 2.75) is 37.9 Å². The molecule has 120 valence electrons. The molecule has 1 aliphatic carbocycles. The first-order valence-electron chi connectivity index (χ1n) is 8.03. The maximum absolute atomic E-state index is 12.0. The van der Waals surface area contributed by atoms with Crippen LogP contribution in [0.3, 0.4) is 0 Å². The molecule has 1 aliphatic heterocycles. The van der Waals surface area contributed by atoms with Crippen LogP contribution >= 0.6 is 0 Å². The molecule has 0 spiro atoms. The molecular weight excluding hydrogens is 282 g/mol. The lowest BCUT2D eigenvalue weighted by Gasteiger charge is -2.38. The molecule has 0 bridgehead atoms. The first-order chi connectivity index (χ1) is 10.7. The van der Waals surface area contributed by atoms with Crippen LogP contribution in [0.2, 0.25) is 0 Å². The second-order valence-corrected chi connectivity index (χ2v) is 6.15. The summed E-state index contributed by atoms with van der Waals surface area (Å²) in [5.41, 5.74) is 0.574. The lowest BCUT2D eigenvalue weighted by molar-refractivity contribution is -0.158. The quantitative estimate of drug-likeness (QED) is 0.902. The van der Waals surface area contributed by atoms with E-state index in [-0.39, 0.29) is 18.7 Å². The summed E-state index contributed by atoms with van der Waals surface area (Å²) in [5, 5.41) is 10.7. The number of hydrogen-bond acceptors (Lipinski definition) is 5. The van der Waals surface area contributed by atoms with Crippen molar-refractivity contribution in [1.82, 2.24) is 5.06 Å². The van der Waals surface area contributed by atoms with E-state index in [1.54, 1.807) is 17.2 Å². The molecular formula is C17H23NO4. The molecule has 5 nitrogen and oxygen atoms in total. The van der Waals surface area contributed by atoms with Crippen molar-refractivity contribution < 1.29 is 19.5 Å². The van der Waals surface area contributed by atoms with Crippen molar-refractivity contribution in [2.75, 3.05) is 19.7 Å².